The zero-order valence-corrected chi connectivity index (χ0v) is 12.4. The first-order valence-electron chi connectivity index (χ1n) is 5.58. The third-order valence-corrected chi connectivity index (χ3v) is 3.40. The first kappa shape index (κ1) is 14.0. The summed E-state index contributed by atoms with van der Waals surface area (Å²) in [5, 5.41) is 6.47. The molecule has 0 saturated carbocycles. The van der Waals surface area contributed by atoms with Crippen LogP contribution in [0.25, 0.3) is 0 Å². The maximum atomic E-state index is 13.2. The predicted molar refractivity (Wildman–Crippen MR) is 78.6 cm³/mol. The van der Waals surface area contributed by atoms with Crippen molar-refractivity contribution in [3.05, 3.63) is 39.8 Å². The van der Waals surface area contributed by atoms with Crippen molar-refractivity contribution in [3.63, 3.8) is 0 Å². The Labute approximate surface area is 123 Å². The van der Waals surface area contributed by atoms with E-state index in [2.05, 4.69) is 36.5 Å². The van der Waals surface area contributed by atoms with Gasteiger partial charge in [0.05, 0.1) is 10.7 Å². The molecule has 100 valence electrons. The van der Waals surface area contributed by atoms with Crippen molar-refractivity contribution in [2.24, 2.45) is 0 Å². The average Bonchev–Trinajstić information content (AvgIpc) is 2.39. The van der Waals surface area contributed by atoms with Crippen LogP contribution in [0, 0.1) is 5.82 Å². The number of aromatic nitrogens is 2. The van der Waals surface area contributed by atoms with Gasteiger partial charge in [0.15, 0.2) is 0 Å². The van der Waals surface area contributed by atoms with Crippen LogP contribution in [0.15, 0.2) is 29.0 Å². The first-order valence-corrected chi connectivity index (χ1v) is 6.75. The molecule has 0 saturated heterocycles. The number of anilines is 3. The summed E-state index contributed by atoms with van der Waals surface area (Å²) in [4.78, 5) is 8.19. The van der Waals surface area contributed by atoms with Crippen molar-refractivity contribution in [2.45, 2.75) is 6.92 Å². The number of nitrogens with zero attached hydrogens (tertiary/aromatic N) is 2. The number of rotatable bonds is 4. The Hall–Kier alpha value is -1.40. The Balaban J connectivity index is 2.33. The van der Waals surface area contributed by atoms with E-state index in [1.54, 1.807) is 0 Å². The van der Waals surface area contributed by atoms with Crippen molar-refractivity contribution in [1.82, 2.24) is 9.97 Å². The highest BCUT2D eigenvalue weighted by Gasteiger charge is 2.10. The minimum atomic E-state index is -0.371. The Bertz CT molecular complexity index is 594. The van der Waals surface area contributed by atoms with Gasteiger partial charge in [0, 0.05) is 6.54 Å². The molecule has 4 nitrogen and oxygen atoms in total. The van der Waals surface area contributed by atoms with Gasteiger partial charge in [-0.2, -0.15) is 0 Å². The SMILES string of the molecule is CCNc1ncnc(Nc2cc(F)ccc2Cl)c1Br. The van der Waals surface area contributed by atoms with Gasteiger partial charge in [-0.3, -0.25) is 0 Å². The molecule has 2 rings (SSSR count). The summed E-state index contributed by atoms with van der Waals surface area (Å²) >= 11 is 9.39. The van der Waals surface area contributed by atoms with E-state index in [1.165, 1.54) is 24.5 Å². The average molecular weight is 346 g/mol. The summed E-state index contributed by atoms with van der Waals surface area (Å²) in [5.74, 6) is 0.801. The largest absolute Gasteiger partial charge is 0.369 e. The molecule has 0 unspecified atom stereocenters. The highest BCUT2D eigenvalue weighted by Crippen LogP contribution is 2.31. The lowest BCUT2D eigenvalue weighted by molar-refractivity contribution is 0.628. The van der Waals surface area contributed by atoms with E-state index in [9.17, 15) is 4.39 Å². The van der Waals surface area contributed by atoms with E-state index in [4.69, 9.17) is 11.6 Å². The standard InChI is InChI=1S/C12H11BrClFN4/c1-2-16-11-10(13)12(18-6-17-11)19-9-5-7(15)3-4-8(9)14/h3-6H,2H2,1H3,(H2,16,17,18,19). The predicted octanol–water partition coefficient (Wildman–Crippen LogP) is 4.21. The van der Waals surface area contributed by atoms with E-state index >= 15 is 0 Å². The lowest BCUT2D eigenvalue weighted by atomic mass is 10.3. The maximum absolute atomic E-state index is 13.2. The molecule has 0 aliphatic heterocycles. The smallest absolute Gasteiger partial charge is 0.150 e. The molecular weight excluding hydrogens is 335 g/mol. The van der Waals surface area contributed by atoms with Gasteiger partial charge in [-0.1, -0.05) is 11.6 Å². The van der Waals surface area contributed by atoms with E-state index < -0.39 is 0 Å². The van der Waals surface area contributed by atoms with Crippen LogP contribution in [0.1, 0.15) is 6.92 Å². The van der Waals surface area contributed by atoms with Crippen LogP contribution in [0.5, 0.6) is 0 Å². The Morgan fingerprint density at radius 1 is 1.32 bits per heavy atom. The molecule has 0 aliphatic rings. The van der Waals surface area contributed by atoms with Crippen molar-refractivity contribution < 1.29 is 4.39 Å². The number of halogens is 3. The quantitative estimate of drug-likeness (QED) is 0.871. The third-order valence-electron chi connectivity index (χ3n) is 2.32. The molecule has 0 bridgehead atoms. The number of benzene rings is 1. The van der Waals surface area contributed by atoms with Gasteiger partial charge in [0.1, 0.15) is 28.3 Å². The summed E-state index contributed by atoms with van der Waals surface area (Å²) in [7, 11) is 0. The fourth-order valence-corrected chi connectivity index (χ4v) is 2.08. The van der Waals surface area contributed by atoms with Crippen molar-refractivity contribution in [3.8, 4) is 0 Å². The van der Waals surface area contributed by atoms with E-state index in [1.807, 2.05) is 6.92 Å². The second-order valence-electron chi connectivity index (χ2n) is 3.66. The zero-order valence-electron chi connectivity index (χ0n) is 10.0. The topological polar surface area (TPSA) is 49.8 Å². The summed E-state index contributed by atoms with van der Waals surface area (Å²) < 4.78 is 13.9. The van der Waals surface area contributed by atoms with Crippen LogP contribution in [-0.2, 0) is 0 Å². The number of hydrogen-bond donors (Lipinski definition) is 2. The van der Waals surface area contributed by atoms with Crippen LogP contribution in [-0.4, -0.2) is 16.5 Å². The van der Waals surface area contributed by atoms with Gasteiger partial charge >= 0.3 is 0 Å². The van der Waals surface area contributed by atoms with E-state index in [0.29, 0.717) is 26.8 Å². The van der Waals surface area contributed by atoms with Crippen molar-refractivity contribution >= 4 is 44.9 Å². The second-order valence-corrected chi connectivity index (χ2v) is 4.86. The van der Waals surface area contributed by atoms with Gasteiger partial charge in [-0.05, 0) is 41.1 Å². The minimum Gasteiger partial charge on any atom is -0.369 e. The zero-order chi connectivity index (χ0) is 13.8. The third kappa shape index (κ3) is 3.33. The molecule has 2 N–H and O–H groups in total. The summed E-state index contributed by atoms with van der Waals surface area (Å²) in [6, 6.07) is 4.09. The molecule has 1 aromatic heterocycles. The molecule has 0 fully saturated rings. The summed E-state index contributed by atoms with van der Waals surface area (Å²) in [6.45, 7) is 2.70. The van der Waals surface area contributed by atoms with Crippen LogP contribution in [0.2, 0.25) is 5.02 Å². The Morgan fingerprint density at radius 3 is 2.79 bits per heavy atom. The van der Waals surface area contributed by atoms with E-state index in [-0.39, 0.29) is 5.82 Å². The number of hydrogen-bond acceptors (Lipinski definition) is 4. The molecule has 2 aromatic rings. The highest BCUT2D eigenvalue weighted by atomic mass is 79.9. The van der Waals surface area contributed by atoms with Gasteiger partial charge in [-0.25, -0.2) is 14.4 Å². The molecular formula is C12H11BrClFN4. The Kier molecular flexibility index (Phi) is 4.55. The molecule has 0 atom stereocenters. The monoisotopic (exact) mass is 344 g/mol. The molecule has 1 heterocycles. The van der Waals surface area contributed by atoms with Gasteiger partial charge < -0.3 is 10.6 Å². The van der Waals surface area contributed by atoms with Crippen LogP contribution in [0.3, 0.4) is 0 Å². The van der Waals surface area contributed by atoms with Crippen LogP contribution in [0.4, 0.5) is 21.7 Å². The molecule has 0 radical (unpaired) electrons. The molecule has 19 heavy (non-hydrogen) atoms. The van der Waals surface area contributed by atoms with Crippen LogP contribution >= 0.6 is 27.5 Å². The van der Waals surface area contributed by atoms with Crippen molar-refractivity contribution in [1.29, 1.82) is 0 Å². The van der Waals surface area contributed by atoms with Gasteiger partial charge in [0.2, 0.25) is 0 Å². The van der Waals surface area contributed by atoms with Gasteiger partial charge in [0.25, 0.3) is 0 Å². The molecule has 1 aromatic carbocycles. The maximum Gasteiger partial charge on any atom is 0.150 e. The summed E-state index contributed by atoms with van der Waals surface area (Å²) in [6.07, 6.45) is 1.41. The van der Waals surface area contributed by atoms with Crippen molar-refractivity contribution in [2.75, 3.05) is 17.2 Å². The highest BCUT2D eigenvalue weighted by molar-refractivity contribution is 9.10. The molecule has 0 aliphatic carbocycles. The first-order chi connectivity index (χ1) is 9.11. The van der Waals surface area contributed by atoms with Gasteiger partial charge in [-0.15, -0.1) is 0 Å². The number of nitrogens with one attached hydrogen (secondary N) is 2. The normalized spacial score (nSPS) is 10.3. The lowest BCUT2D eigenvalue weighted by Gasteiger charge is -2.11. The van der Waals surface area contributed by atoms with E-state index in [0.717, 1.165) is 6.54 Å². The lowest BCUT2D eigenvalue weighted by Crippen LogP contribution is -2.04. The minimum absolute atomic E-state index is 0.371. The molecule has 0 amide bonds. The fourth-order valence-electron chi connectivity index (χ4n) is 1.47. The fraction of sp³-hybridized carbons (Fsp3) is 0.167. The molecule has 7 heteroatoms. The molecule has 0 spiro atoms. The summed E-state index contributed by atoms with van der Waals surface area (Å²) in [5.41, 5.74) is 0.448. The Morgan fingerprint density at radius 2 is 2.05 bits per heavy atom. The van der Waals surface area contributed by atoms with Crippen LogP contribution < -0.4 is 10.6 Å². The second kappa shape index (κ2) is 6.16.